The molecule has 20 heavy (non-hydrogen) atoms. The summed E-state index contributed by atoms with van der Waals surface area (Å²) in [5, 5.41) is 2.54. The Labute approximate surface area is 123 Å². The highest BCUT2D eigenvalue weighted by Crippen LogP contribution is 2.19. The molecule has 2 rings (SSSR count). The largest absolute Gasteiger partial charge is 0.115 e. The van der Waals surface area contributed by atoms with Crippen LogP contribution in [-0.2, 0) is 6.42 Å². The monoisotopic (exact) mass is 264 g/mol. The van der Waals surface area contributed by atoms with Crippen LogP contribution >= 0.6 is 0 Å². The fourth-order valence-electron chi connectivity index (χ4n) is 2.65. The molecular formula is C20H24. The Morgan fingerprint density at radius 2 is 1.55 bits per heavy atom. The van der Waals surface area contributed by atoms with Crippen molar-refractivity contribution in [2.24, 2.45) is 0 Å². The Morgan fingerprint density at radius 1 is 0.850 bits per heavy atom. The third kappa shape index (κ3) is 4.14. The molecule has 0 aliphatic heterocycles. The van der Waals surface area contributed by atoms with E-state index in [1.54, 1.807) is 0 Å². The molecule has 2 aromatic carbocycles. The molecule has 0 fully saturated rings. The predicted molar refractivity (Wildman–Crippen MR) is 89.0 cm³/mol. The second kappa shape index (κ2) is 7.75. The molecular weight excluding hydrogens is 240 g/mol. The molecule has 0 bridgehead atoms. The minimum absolute atomic E-state index is 0.959. The zero-order valence-electron chi connectivity index (χ0n) is 12.5. The van der Waals surface area contributed by atoms with Crippen molar-refractivity contribution < 1.29 is 0 Å². The van der Waals surface area contributed by atoms with Gasteiger partial charge in [-0.2, -0.15) is 0 Å². The lowest BCUT2D eigenvalue weighted by atomic mass is 10.0. The summed E-state index contributed by atoms with van der Waals surface area (Å²) >= 11 is 0. The quantitative estimate of drug-likeness (QED) is 0.443. The molecule has 0 spiro atoms. The zero-order chi connectivity index (χ0) is 14.2. The van der Waals surface area contributed by atoms with E-state index in [0.717, 1.165) is 5.56 Å². The van der Waals surface area contributed by atoms with Gasteiger partial charge in [0.2, 0.25) is 0 Å². The van der Waals surface area contributed by atoms with Gasteiger partial charge in [-0.05, 0) is 41.3 Å². The summed E-state index contributed by atoms with van der Waals surface area (Å²) in [6.45, 7) is 2.26. The molecule has 0 heterocycles. The fourth-order valence-corrected chi connectivity index (χ4v) is 2.65. The maximum absolute atomic E-state index is 5.44. The molecule has 0 saturated carbocycles. The molecule has 2 aromatic rings. The molecule has 0 amide bonds. The average Bonchev–Trinajstić information content (AvgIpc) is 2.50. The van der Waals surface area contributed by atoms with Crippen LogP contribution in [0.15, 0.2) is 36.4 Å². The number of hydrogen-bond donors (Lipinski definition) is 0. The van der Waals surface area contributed by atoms with Crippen LogP contribution in [0, 0.1) is 12.3 Å². The van der Waals surface area contributed by atoms with E-state index in [2.05, 4.69) is 43.2 Å². The van der Waals surface area contributed by atoms with Gasteiger partial charge in [0.1, 0.15) is 0 Å². The van der Waals surface area contributed by atoms with Crippen molar-refractivity contribution >= 4 is 10.8 Å². The number of rotatable bonds is 7. The Morgan fingerprint density at radius 3 is 2.35 bits per heavy atom. The van der Waals surface area contributed by atoms with Gasteiger partial charge >= 0.3 is 0 Å². The minimum atomic E-state index is 0.959. The van der Waals surface area contributed by atoms with E-state index in [4.69, 9.17) is 6.42 Å². The molecule has 0 radical (unpaired) electrons. The summed E-state index contributed by atoms with van der Waals surface area (Å²) in [5.74, 6) is 2.69. The van der Waals surface area contributed by atoms with Crippen molar-refractivity contribution in [3.63, 3.8) is 0 Å². The summed E-state index contributed by atoms with van der Waals surface area (Å²) in [6.07, 6.45) is 14.8. The van der Waals surface area contributed by atoms with Crippen molar-refractivity contribution in [1.82, 2.24) is 0 Å². The first-order valence-corrected chi connectivity index (χ1v) is 7.83. The second-order valence-corrected chi connectivity index (χ2v) is 5.56. The summed E-state index contributed by atoms with van der Waals surface area (Å²) in [5.41, 5.74) is 2.41. The first-order valence-electron chi connectivity index (χ1n) is 7.83. The standard InChI is InChI=1S/C20H24/c1-3-5-6-7-8-9-10-18-12-14-19-15-17(4-2)11-13-20(19)16-18/h2,11-16H,3,5-10H2,1H3. The van der Waals surface area contributed by atoms with Gasteiger partial charge in [0.15, 0.2) is 0 Å². The van der Waals surface area contributed by atoms with Crippen LogP contribution in [0.25, 0.3) is 10.8 Å². The summed E-state index contributed by atoms with van der Waals surface area (Å²) in [4.78, 5) is 0. The number of hydrogen-bond acceptors (Lipinski definition) is 0. The maximum Gasteiger partial charge on any atom is 0.0248 e. The number of benzene rings is 2. The van der Waals surface area contributed by atoms with Crippen LogP contribution in [0.4, 0.5) is 0 Å². The molecule has 0 N–H and O–H groups in total. The summed E-state index contributed by atoms with van der Waals surface area (Å²) in [7, 11) is 0. The van der Waals surface area contributed by atoms with Gasteiger partial charge in [-0.3, -0.25) is 0 Å². The van der Waals surface area contributed by atoms with E-state index in [0.29, 0.717) is 0 Å². The lowest BCUT2D eigenvalue weighted by Crippen LogP contribution is -1.87. The first-order chi connectivity index (χ1) is 9.83. The van der Waals surface area contributed by atoms with Crippen molar-refractivity contribution in [1.29, 1.82) is 0 Å². The van der Waals surface area contributed by atoms with Gasteiger partial charge in [-0.25, -0.2) is 0 Å². The molecule has 0 nitrogen and oxygen atoms in total. The zero-order valence-corrected chi connectivity index (χ0v) is 12.5. The van der Waals surface area contributed by atoms with Crippen molar-refractivity contribution in [2.45, 2.75) is 51.9 Å². The third-order valence-electron chi connectivity index (χ3n) is 3.89. The molecule has 104 valence electrons. The first kappa shape index (κ1) is 14.7. The van der Waals surface area contributed by atoms with Crippen molar-refractivity contribution in [3.8, 4) is 12.3 Å². The van der Waals surface area contributed by atoms with Crippen molar-refractivity contribution in [3.05, 3.63) is 47.5 Å². The van der Waals surface area contributed by atoms with Crippen LogP contribution in [-0.4, -0.2) is 0 Å². The van der Waals surface area contributed by atoms with Crippen molar-refractivity contribution in [2.75, 3.05) is 0 Å². The molecule has 0 aliphatic rings. The number of unbranched alkanes of at least 4 members (excludes halogenated alkanes) is 5. The number of aryl methyl sites for hydroxylation is 1. The average molecular weight is 264 g/mol. The van der Waals surface area contributed by atoms with E-state index < -0.39 is 0 Å². The van der Waals surface area contributed by atoms with Gasteiger partial charge in [0.05, 0.1) is 0 Å². The van der Waals surface area contributed by atoms with E-state index in [-0.39, 0.29) is 0 Å². The number of terminal acetylenes is 1. The maximum atomic E-state index is 5.44. The van der Waals surface area contributed by atoms with Gasteiger partial charge in [-0.1, -0.05) is 69.2 Å². The van der Waals surface area contributed by atoms with Crippen LogP contribution in [0.1, 0.15) is 56.6 Å². The highest BCUT2D eigenvalue weighted by Gasteiger charge is 1.98. The lowest BCUT2D eigenvalue weighted by molar-refractivity contribution is 0.607. The Kier molecular flexibility index (Phi) is 5.69. The summed E-state index contributed by atoms with van der Waals surface area (Å²) < 4.78 is 0. The molecule has 0 aliphatic carbocycles. The highest BCUT2D eigenvalue weighted by atomic mass is 14.0. The van der Waals surface area contributed by atoms with Gasteiger partial charge < -0.3 is 0 Å². The van der Waals surface area contributed by atoms with Crippen LogP contribution in [0.2, 0.25) is 0 Å². The number of fused-ring (bicyclic) bond motifs is 1. The SMILES string of the molecule is C#Cc1ccc2cc(CCCCCCCC)ccc2c1. The topological polar surface area (TPSA) is 0 Å². The molecule has 0 heteroatoms. The molecule has 0 aromatic heterocycles. The molecule has 0 saturated heterocycles. The van der Waals surface area contributed by atoms with E-state index >= 15 is 0 Å². The van der Waals surface area contributed by atoms with Gasteiger partial charge in [-0.15, -0.1) is 6.42 Å². The Balaban J connectivity index is 1.90. The van der Waals surface area contributed by atoms with Gasteiger partial charge in [0.25, 0.3) is 0 Å². The smallest absolute Gasteiger partial charge is 0.0248 e. The normalized spacial score (nSPS) is 10.6. The molecule has 0 unspecified atom stereocenters. The lowest BCUT2D eigenvalue weighted by Gasteiger charge is -2.05. The van der Waals surface area contributed by atoms with Crippen LogP contribution in [0.5, 0.6) is 0 Å². The summed E-state index contributed by atoms with van der Waals surface area (Å²) in [6, 6.07) is 13.0. The minimum Gasteiger partial charge on any atom is -0.115 e. The Bertz CT molecular complexity index is 587. The Hall–Kier alpha value is -1.74. The van der Waals surface area contributed by atoms with Gasteiger partial charge in [0, 0.05) is 5.56 Å². The highest BCUT2D eigenvalue weighted by molar-refractivity contribution is 5.84. The fraction of sp³-hybridized carbons (Fsp3) is 0.400. The van der Waals surface area contributed by atoms with E-state index in [1.165, 1.54) is 61.3 Å². The molecule has 0 atom stereocenters. The predicted octanol–water partition coefficient (Wildman–Crippen LogP) is 5.72. The second-order valence-electron chi connectivity index (χ2n) is 5.56. The third-order valence-corrected chi connectivity index (χ3v) is 3.89. The van der Waals surface area contributed by atoms with E-state index in [9.17, 15) is 0 Å². The van der Waals surface area contributed by atoms with E-state index in [1.807, 2.05) is 6.07 Å². The van der Waals surface area contributed by atoms with Crippen LogP contribution in [0.3, 0.4) is 0 Å². The van der Waals surface area contributed by atoms with Crippen LogP contribution < -0.4 is 0 Å².